The maximum atomic E-state index is 6.19. The van der Waals surface area contributed by atoms with Crippen LogP contribution in [0.2, 0.25) is 0 Å². The molecule has 0 radical (unpaired) electrons. The Kier molecular flexibility index (Phi) is 4.28. The van der Waals surface area contributed by atoms with Gasteiger partial charge in [0.25, 0.3) is 0 Å². The van der Waals surface area contributed by atoms with E-state index in [2.05, 4.69) is 25.9 Å². The highest BCUT2D eigenvalue weighted by atomic mass is 79.9. The number of hydrogen-bond acceptors (Lipinski definition) is 4. The Bertz CT molecular complexity index is 533. The van der Waals surface area contributed by atoms with Crippen LogP contribution in [0.5, 0.6) is 5.88 Å². The van der Waals surface area contributed by atoms with Crippen LogP contribution in [0.1, 0.15) is 17.2 Å². The summed E-state index contributed by atoms with van der Waals surface area (Å²) in [5.41, 5.74) is 8.17. The normalized spacial score (nSPS) is 12.2. The molecule has 0 aromatic carbocycles. The van der Waals surface area contributed by atoms with Crippen molar-refractivity contribution in [1.29, 1.82) is 0 Å². The van der Waals surface area contributed by atoms with Gasteiger partial charge in [-0.3, -0.25) is 4.98 Å². The van der Waals surface area contributed by atoms with Crippen LogP contribution in [0.15, 0.2) is 41.3 Å². The molecule has 0 spiro atoms. The summed E-state index contributed by atoms with van der Waals surface area (Å²) in [6, 6.07) is 5.64. The molecular weight excluding hydrogens is 294 g/mol. The number of aromatic nitrogens is 2. The minimum absolute atomic E-state index is 0.162. The molecule has 2 aromatic rings. The first-order valence-electron chi connectivity index (χ1n) is 5.54. The van der Waals surface area contributed by atoms with Crippen molar-refractivity contribution < 1.29 is 4.74 Å². The number of nitrogens with two attached hydrogens (primary N) is 1. The molecule has 0 saturated heterocycles. The lowest BCUT2D eigenvalue weighted by Gasteiger charge is -2.14. The predicted molar refractivity (Wildman–Crippen MR) is 73.4 cm³/mol. The smallest absolute Gasteiger partial charge is 0.217 e. The summed E-state index contributed by atoms with van der Waals surface area (Å²) in [6.45, 7) is 0. The van der Waals surface area contributed by atoms with Gasteiger partial charge in [-0.15, -0.1) is 0 Å². The second-order valence-electron chi connectivity index (χ2n) is 3.92. The van der Waals surface area contributed by atoms with E-state index < -0.39 is 0 Å². The number of rotatable bonds is 4. The SMILES string of the molecule is COc1ncccc1C(N)Cc1cncc(Br)c1. The quantitative estimate of drug-likeness (QED) is 0.942. The predicted octanol–water partition coefficient (Wildman–Crippen LogP) is 2.49. The lowest BCUT2D eigenvalue weighted by Crippen LogP contribution is -2.15. The van der Waals surface area contributed by atoms with Crippen LogP contribution < -0.4 is 10.5 Å². The fourth-order valence-corrected chi connectivity index (χ4v) is 2.20. The Morgan fingerprint density at radius 1 is 1.44 bits per heavy atom. The zero-order chi connectivity index (χ0) is 13.0. The van der Waals surface area contributed by atoms with Gasteiger partial charge >= 0.3 is 0 Å². The summed E-state index contributed by atoms with van der Waals surface area (Å²) >= 11 is 3.40. The van der Waals surface area contributed by atoms with E-state index in [1.807, 2.05) is 24.4 Å². The van der Waals surface area contributed by atoms with E-state index in [9.17, 15) is 0 Å². The molecule has 0 bridgehead atoms. The van der Waals surface area contributed by atoms with Crippen molar-refractivity contribution in [2.45, 2.75) is 12.5 Å². The van der Waals surface area contributed by atoms with Gasteiger partial charge in [0.05, 0.1) is 7.11 Å². The topological polar surface area (TPSA) is 61.0 Å². The second kappa shape index (κ2) is 5.93. The Labute approximate surface area is 114 Å². The van der Waals surface area contributed by atoms with Gasteiger partial charge in [-0.2, -0.15) is 0 Å². The molecule has 0 aliphatic rings. The van der Waals surface area contributed by atoms with Crippen LogP contribution in [0, 0.1) is 0 Å². The van der Waals surface area contributed by atoms with Gasteiger partial charge in [-0.05, 0) is 40.0 Å². The van der Waals surface area contributed by atoms with Crippen molar-refractivity contribution in [3.05, 3.63) is 52.4 Å². The fourth-order valence-electron chi connectivity index (χ4n) is 1.79. The van der Waals surface area contributed by atoms with Gasteiger partial charge < -0.3 is 10.5 Å². The van der Waals surface area contributed by atoms with E-state index in [0.717, 1.165) is 15.6 Å². The van der Waals surface area contributed by atoms with Crippen LogP contribution in [0.3, 0.4) is 0 Å². The van der Waals surface area contributed by atoms with Crippen LogP contribution >= 0.6 is 15.9 Å². The maximum Gasteiger partial charge on any atom is 0.217 e. The van der Waals surface area contributed by atoms with E-state index in [1.54, 1.807) is 19.5 Å². The highest BCUT2D eigenvalue weighted by molar-refractivity contribution is 9.10. The number of nitrogens with zero attached hydrogens (tertiary/aromatic N) is 2. The number of ether oxygens (including phenoxy) is 1. The largest absolute Gasteiger partial charge is 0.481 e. The molecule has 18 heavy (non-hydrogen) atoms. The molecule has 1 unspecified atom stereocenters. The molecule has 5 heteroatoms. The number of pyridine rings is 2. The molecular formula is C13H14BrN3O. The molecule has 0 aliphatic heterocycles. The first kappa shape index (κ1) is 13.0. The first-order valence-corrected chi connectivity index (χ1v) is 6.34. The third kappa shape index (κ3) is 3.05. The standard InChI is InChI=1S/C13H14BrN3O/c1-18-13-11(3-2-4-17-13)12(15)6-9-5-10(14)8-16-7-9/h2-5,7-8,12H,6,15H2,1H3. The van der Waals surface area contributed by atoms with Crippen molar-refractivity contribution in [2.75, 3.05) is 7.11 Å². The third-order valence-corrected chi connectivity index (χ3v) is 3.04. The van der Waals surface area contributed by atoms with E-state index in [1.165, 1.54) is 0 Å². The molecule has 2 heterocycles. The Balaban J connectivity index is 2.19. The number of halogens is 1. The maximum absolute atomic E-state index is 6.19. The van der Waals surface area contributed by atoms with Crippen LogP contribution in [-0.4, -0.2) is 17.1 Å². The van der Waals surface area contributed by atoms with Gasteiger partial charge in [0, 0.05) is 34.7 Å². The molecule has 1 atom stereocenters. The summed E-state index contributed by atoms with van der Waals surface area (Å²) in [7, 11) is 1.60. The molecule has 0 amide bonds. The molecule has 0 aliphatic carbocycles. The minimum atomic E-state index is -0.162. The Morgan fingerprint density at radius 2 is 2.28 bits per heavy atom. The van der Waals surface area contributed by atoms with Gasteiger partial charge in [-0.1, -0.05) is 6.07 Å². The second-order valence-corrected chi connectivity index (χ2v) is 4.84. The third-order valence-electron chi connectivity index (χ3n) is 2.61. The van der Waals surface area contributed by atoms with Gasteiger partial charge in [0.1, 0.15) is 0 Å². The van der Waals surface area contributed by atoms with E-state index in [4.69, 9.17) is 10.5 Å². The summed E-state index contributed by atoms with van der Waals surface area (Å²) < 4.78 is 6.16. The molecule has 2 N–H and O–H groups in total. The lowest BCUT2D eigenvalue weighted by atomic mass is 10.0. The Hall–Kier alpha value is -1.46. The monoisotopic (exact) mass is 307 g/mol. The van der Waals surface area contributed by atoms with E-state index in [-0.39, 0.29) is 6.04 Å². The van der Waals surface area contributed by atoms with Gasteiger partial charge in [-0.25, -0.2) is 4.98 Å². The average Bonchev–Trinajstić information content (AvgIpc) is 2.38. The van der Waals surface area contributed by atoms with Crippen LogP contribution in [0.25, 0.3) is 0 Å². The highest BCUT2D eigenvalue weighted by Gasteiger charge is 2.13. The zero-order valence-electron chi connectivity index (χ0n) is 10.0. The van der Waals surface area contributed by atoms with E-state index >= 15 is 0 Å². The summed E-state index contributed by atoms with van der Waals surface area (Å²) in [5.74, 6) is 0.577. The molecule has 94 valence electrons. The fraction of sp³-hybridized carbons (Fsp3) is 0.231. The first-order chi connectivity index (χ1) is 8.70. The van der Waals surface area contributed by atoms with Gasteiger partial charge in [0.2, 0.25) is 5.88 Å². The van der Waals surface area contributed by atoms with Crippen molar-refractivity contribution >= 4 is 15.9 Å². The summed E-state index contributed by atoms with van der Waals surface area (Å²) in [6.07, 6.45) is 5.94. The van der Waals surface area contributed by atoms with Crippen molar-refractivity contribution in [2.24, 2.45) is 5.73 Å². The van der Waals surface area contributed by atoms with Crippen LogP contribution in [-0.2, 0) is 6.42 Å². The van der Waals surface area contributed by atoms with Crippen molar-refractivity contribution in [3.8, 4) is 5.88 Å². The lowest BCUT2D eigenvalue weighted by molar-refractivity contribution is 0.388. The molecule has 0 saturated carbocycles. The van der Waals surface area contributed by atoms with Crippen LogP contribution in [0.4, 0.5) is 0 Å². The number of methoxy groups -OCH3 is 1. The van der Waals surface area contributed by atoms with Crippen molar-refractivity contribution in [1.82, 2.24) is 9.97 Å². The van der Waals surface area contributed by atoms with Crippen molar-refractivity contribution in [3.63, 3.8) is 0 Å². The zero-order valence-corrected chi connectivity index (χ0v) is 11.6. The summed E-state index contributed by atoms with van der Waals surface area (Å²) in [4.78, 5) is 8.27. The average molecular weight is 308 g/mol. The Morgan fingerprint density at radius 3 is 3.00 bits per heavy atom. The molecule has 0 fully saturated rings. The van der Waals surface area contributed by atoms with E-state index in [0.29, 0.717) is 12.3 Å². The minimum Gasteiger partial charge on any atom is -0.481 e. The molecule has 2 rings (SSSR count). The summed E-state index contributed by atoms with van der Waals surface area (Å²) in [5, 5.41) is 0. The molecule has 2 aromatic heterocycles. The van der Waals surface area contributed by atoms with Gasteiger partial charge in [0.15, 0.2) is 0 Å². The highest BCUT2D eigenvalue weighted by Crippen LogP contribution is 2.24. The number of hydrogen-bond donors (Lipinski definition) is 1. The molecule has 4 nitrogen and oxygen atoms in total.